The fourth-order valence-electron chi connectivity index (χ4n) is 1.68. The molecule has 1 aromatic rings. The first-order chi connectivity index (χ1) is 8.17. The third-order valence-corrected chi connectivity index (χ3v) is 3.89. The van der Waals surface area contributed by atoms with Crippen molar-refractivity contribution in [3.05, 3.63) is 16.1 Å². The number of nitrogens with zero attached hydrogens (tertiary/aromatic N) is 2. The molecule has 98 valence electrons. The molecule has 4 heteroatoms. The van der Waals surface area contributed by atoms with Crippen LogP contribution in [0.4, 0.5) is 0 Å². The van der Waals surface area contributed by atoms with E-state index in [1.165, 1.54) is 17.8 Å². The van der Waals surface area contributed by atoms with Gasteiger partial charge in [0.05, 0.1) is 17.3 Å². The molecule has 0 aliphatic rings. The molecule has 0 amide bonds. The molecule has 0 fully saturated rings. The molecular weight excluding hydrogens is 232 g/mol. The van der Waals surface area contributed by atoms with Crippen LogP contribution in [0.15, 0.2) is 5.38 Å². The normalized spacial score (nSPS) is 11.6. The molecule has 0 aliphatic heterocycles. The molecule has 0 atom stereocenters. The van der Waals surface area contributed by atoms with Crippen LogP contribution in [0.25, 0.3) is 0 Å². The lowest BCUT2D eigenvalue weighted by atomic mass is 10.2. The van der Waals surface area contributed by atoms with Crippen LogP contribution in [0.3, 0.4) is 0 Å². The summed E-state index contributed by atoms with van der Waals surface area (Å²) in [5.41, 5.74) is 1.14. The second kappa shape index (κ2) is 7.80. The van der Waals surface area contributed by atoms with Crippen LogP contribution in [0.2, 0.25) is 0 Å². The van der Waals surface area contributed by atoms with E-state index in [-0.39, 0.29) is 6.61 Å². The van der Waals surface area contributed by atoms with Crippen molar-refractivity contribution in [2.24, 2.45) is 0 Å². The summed E-state index contributed by atoms with van der Waals surface area (Å²) in [5, 5.41) is 12.4. The summed E-state index contributed by atoms with van der Waals surface area (Å²) < 4.78 is 0. The molecule has 1 heterocycles. The monoisotopic (exact) mass is 256 g/mol. The zero-order valence-electron chi connectivity index (χ0n) is 11.1. The Morgan fingerprint density at radius 3 is 2.71 bits per heavy atom. The molecule has 3 nitrogen and oxygen atoms in total. The van der Waals surface area contributed by atoms with E-state index in [9.17, 15) is 0 Å². The van der Waals surface area contributed by atoms with Crippen molar-refractivity contribution in [3.63, 3.8) is 0 Å². The predicted molar refractivity (Wildman–Crippen MR) is 73.5 cm³/mol. The number of rotatable bonds is 8. The second-order valence-electron chi connectivity index (χ2n) is 4.69. The van der Waals surface area contributed by atoms with E-state index in [0.29, 0.717) is 5.92 Å². The van der Waals surface area contributed by atoms with Crippen molar-refractivity contribution in [1.29, 1.82) is 0 Å². The van der Waals surface area contributed by atoms with E-state index in [4.69, 9.17) is 5.11 Å². The van der Waals surface area contributed by atoms with Crippen molar-refractivity contribution >= 4 is 11.3 Å². The third kappa shape index (κ3) is 5.15. The largest absolute Gasteiger partial charge is 0.395 e. The van der Waals surface area contributed by atoms with Crippen LogP contribution >= 0.6 is 11.3 Å². The van der Waals surface area contributed by atoms with Gasteiger partial charge in [0.2, 0.25) is 0 Å². The molecule has 0 spiro atoms. The Labute approximate surface area is 108 Å². The highest BCUT2D eigenvalue weighted by Gasteiger charge is 2.09. The minimum absolute atomic E-state index is 0.227. The molecular formula is C13H24N2OS. The minimum Gasteiger partial charge on any atom is -0.395 e. The summed E-state index contributed by atoms with van der Waals surface area (Å²) in [6.07, 6.45) is 2.37. The Hall–Kier alpha value is -0.450. The zero-order chi connectivity index (χ0) is 12.7. The van der Waals surface area contributed by atoms with Gasteiger partial charge in [-0.05, 0) is 13.0 Å². The van der Waals surface area contributed by atoms with Gasteiger partial charge in [0.15, 0.2) is 0 Å². The Morgan fingerprint density at radius 1 is 1.41 bits per heavy atom. The van der Waals surface area contributed by atoms with Gasteiger partial charge in [-0.1, -0.05) is 27.2 Å². The highest BCUT2D eigenvalue weighted by atomic mass is 32.1. The standard InChI is InChI=1S/C13H24N2OS/c1-4-5-6-15(7-8-16)9-12-10-17-13(14-12)11(2)3/h10-11,16H,4-9H2,1-3H3. The summed E-state index contributed by atoms with van der Waals surface area (Å²) in [7, 11) is 0. The van der Waals surface area contributed by atoms with E-state index in [1.807, 2.05) is 0 Å². The summed E-state index contributed by atoms with van der Waals surface area (Å²) in [6, 6.07) is 0. The lowest BCUT2D eigenvalue weighted by Gasteiger charge is -2.19. The molecule has 1 N–H and O–H groups in total. The summed E-state index contributed by atoms with van der Waals surface area (Å²) >= 11 is 1.74. The summed E-state index contributed by atoms with van der Waals surface area (Å²) in [6.45, 7) is 9.42. The van der Waals surface area contributed by atoms with Crippen LogP contribution < -0.4 is 0 Å². The van der Waals surface area contributed by atoms with Gasteiger partial charge < -0.3 is 5.11 Å². The van der Waals surface area contributed by atoms with E-state index in [1.54, 1.807) is 11.3 Å². The maximum atomic E-state index is 9.05. The number of aliphatic hydroxyl groups excluding tert-OH is 1. The van der Waals surface area contributed by atoms with Crippen molar-refractivity contribution in [3.8, 4) is 0 Å². The molecule has 0 aromatic carbocycles. The molecule has 1 aromatic heterocycles. The zero-order valence-corrected chi connectivity index (χ0v) is 12.0. The van der Waals surface area contributed by atoms with Crippen molar-refractivity contribution in [2.45, 2.75) is 46.1 Å². The van der Waals surface area contributed by atoms with E-state index < -0.39 is 0 Å². The van der Waals surface area contributed by atoms with Crippen LogP contribution in [0.1, 0.15) is 50.2 Å². The van der Waals surface area contributed by atoms with Gasteiger partial charge in [-0.25, -0.2) is 4.98 Å². The molecule has 0 unspecified atom stereocenters. The number of hydrogen-bond acceptors (Lipinski definition) is 4. The maximum Gasteiger partial charge on any atom is 0.0954 e. The van der Waals surface area contributed by atoms with Crippen molar-refractivity contribution in [2.75, 3.05) is 19.7 Å². The molecule has 1 rings (SSSR count). The van der Waals surface area contributed by atoms with Gasteiger partial charge in [-0.3, -0.25) is 4.90 Å². The Morgan fingerprint density at radius 2 is 2.18 bits per heavy atom. The van der Waals surface area contributed by atoms with Crippen molar-refractivity contribution < 1.29 is 5.11 Å². The van der Waals surface area contributed by atoms with Gasteiger partial charge in [-0.2, -0.15) is 0 Å². The molecule has 0 aliphatic carbocycles. The smallest absolute Gasteiger partial charge is 0.0954 e. The molecule has 0 radical (unpaired) electrons. The lowest BCUT2D eigenvalue weighted by molar-refractivity contribution is 0.187. The molecule has 0 bridgehead atoms. The minimum atomic E-state index is 0.227. The predicted octanol–water partition coefficient (Wildman–Crippen LogP) is 2.86. The number of hydrogen-bond donors (Lipinski definition) is 1. The Kier molecular flexibility index (Phi) is 6.70. The first-order valence-electron chi connectivity index (χ1n) is 6.44. The van der Waals surface area contributed by atoms with Crippen LogP contribution in [0, 0.1) is 0 Å². The fourth-order valence-corrected chi connectivity index (χ4v) is 2.51. The number of unbranched alkanes of at least 4 members (excludes halogenated alkanes) is 1. The Balaban J connectivity index is 2.52. The number of thiazole rings is 1. The molecule has 0 saturated carbocycles. The van der Waals surface area contributed by atoms with E-state index >= 15 is 0 Å². The van der Waals surface area contributed by atoms with Crippen LogP contribution in [0.5, 0.6) is 0 Å². The average molecular weight is 256 g/mol. The van der Waals surface area contributed by atoms with Gasteiger partial charge >= 0.3 is 0 Å². The van der Waals surface area contributed by atoms with Gasteiger partial charge in [-0.15, -0.1) is 11.3 Å². The first-order valence-corrected chi connectivity index (χ1v) is 7.32. The topological polar surface area (TPSA) is 36.4 Å². The van der Waals surface area contributed by atoms with Gasteiger partial charge in [0.1, 0.15) is 0 Å². The second-order valence-corrected chi connectivity index (χ2v) is 5.57. The summed E-state index contributed by atoms with van der Waals surface area (Å²) in [5.74, 6) is 0.510. The van der Waals surface area contributed by atoms with Crippen LogP contribution in [-0.2, 0) is 6.54 Å². The quantitative estimate of drug-likeness (QED) is 0.777. The van der Waals surface area contributed by atoms with Crippen molar-refractivity contribution in [1.82, 2.24) is 9.88 Å². The third-order valence-electron chi connectivity index (χ3n) is 2.69. The molecule has 0 saturated heterocycles. The highest BCUT2D eigenvalue weighted by molar-refractivity contribution is 7.09. The van der Waals surface area contributed by atoms with Gasteiger partial charge in [0, 0.05) is 24.4 Å². The maximum absolute atomic E-state index is 9.05. The highest BCUT2D eigenvalue weighted by Crippen LogP contribution is 2.20. The lowest BCUT2D eigenvalue weighted by Crippen LogP contribution is -2.27. The number of aromatic nitrogens is 1. The number of aliphatic hydroxyl groups is 1. The SMILES string of the molecule is CCCCN(CCO)Cc1csc(C(C)C)n1. The van der Waals surface area contributed by atoms with E-state index in [0.717, 1.165) is 25.3 Å². The van der Waals surface area contributed by atoms with Gasteiger partial charge in [0.25, 0.3) is 0 Å². The summed E-state index contributed by atoms with van der Waals surface area (Å²) in [4.78, 5) is 6.92. The molecule has 17 heavy (non-hydrogen) atoms. The first kappa shape index (κ1) is 14.6. The van der Waals surface area contributed by atoms with Crippen LogP contribution in [-0.4, -0.2) is 34.7 Å². The average Bonchev–Trinajstić information content (AvgIpc) is 2.75. The Bertz CT molecular complexity index is 312. The fraction of sp³-hybridized carbons (Fsp3) is 0.769. The van der Waals surface area contributed by atoms with E-state index in [2.05, 4.69) is 36.0 Å².